The number of carbonyl (C=O) groups excluding carboxylic acids is 2. The van der Waals surface area contributed by atoms with Gasteiger partial charge < -0.3 is 24.3 Å². The van der Waals surface area contributed by atoms with Crippen molar-refractivity contribution >= 4 is 31.7 Å². The lowest BCUT2D eigenvalue weighted by molar-refractivity contribution is -0.146. The summed E-state index contributed by atoms with van der Waals surface area (Å²) in [7, 11) is -2.77. The van der Waals surface area contributed by atoms with Crippen molar-refractivity contribution in [3.8, 4) is 0 Å². The van der Waals surface area contributed by atoms with Crippen LogP contribution in [0.3, 0.4) is 0 Å². The van der Waals surface area contributed by atoms with Gasteiger partial charge in [0.2, 0.25) is 0 Å². The Morgan fingerprint density at radius 1 is 1.14 bits per heavy atom. The van der Waals surface area contributed by atoms with Crippen LogP contribution in [0.2, 0.25) is 18.6 Å². The summed E-state index contributed by atoms with van der Waals surface area (Å²) in [5.74, 6) is -0.493. The van der Waals surface area contributed by atoms with Crippen LogP contribution in [0.4, 0.5) is 16.2 Å². The van der Waals surface area contributed by atoms with E-state index in [0.717, 1.165) is 11.3 Å². The molecule has 2 fully saturated rings. The summed E-state index contributed by atoms with van der Waals surface area (Å²) >= 11 is 0. The lowest BCUT2D eigenvalue weighted by Crippen LogP contribution is -2.46. The smallest absolute Gasteiger partial charge is 0.414 e. The van der Waals surface area contributed by atoms with E-state index in [-0.39, 0.29) is 24.0 Å². The topological polar surface area (TPSA) is 99.5 Å². The van der Waals surface area contributed by atoms with Gasteiger partial charge in [-0.05, 0) is 43.3 Å². The first-order valence-electron chi connectivity index (χ1n) is 12.1. The molecule has 2 amide bonds. The normalized spacial score (nSPS) is 28.2. The van der Waals surface area contributed by atoms with Gasteiger partial charge in [0.1, 0.15) is 6.61 Å². The Balaban J connectivity index is 1.65. The van der Waals surface area contributed by atoms with Gasteiger partial charge in [-0.15, -0.1) is 0 Å². The summed E-state index contributed by atoms with van der Waals surface area (Å²) in [6.07, 6.45) is -0.520. The van der Waals surface area contributed by atoms with Crippen molar-refractivity contribution in [2.75, 3.05) is 29.6 Å². The van der Waals surface area contributed by atoms with Crippen LogP contribution in [0.5, 0.6) is 0 Å². The predicted molar refractivity (Wildman–Crippen MR) is 134 cm³/mol. The highest BCUT2D eigenvalue weighted by Gasteiger charge is 2.66. The molecule has 9 heteroatoms. The minimum Gasteiger partial charge on any atom is -0.447 e. The average molecular weight is 497 g/mol. The number of aliphatic hydroxyl groups excluding tert-OH is 1. The van der Waals surface area contributed by atoms with Gasteiger partial charge in [0.25, 0.3) is 5.91 Å². The van der Waals surface area contributed by atoms with Crippen molar-refractivity contribution < 1.29 is 29.0 Å². The number of fused-ring (bicyclic) bond motifs is 2. The molecule has 4 atom stereocenters. The van der Waals surface area contributed by atoms with Gasteiger partial charge in [-0.25, -0.2) is 4.79 Å². The minimum atomic E-state index is -2.77. The second kappa shape index (κ2) is 8.74. The maximum atomic E-state index is 14.3. The monoisotopic (exact) mass is 496 g/mol. The standard InChI is InChI=1S/C26H32N2O6Si/c1-17-23(35(2,3)32)22(11-13-29)34-26(17)20-15-19(27-12-14-33-25(27)31)9-10-21(20)28(24(26)30)16-18-7-5-4-6-8-18/h4-10,15,17,22-23,29,32H,11-14,16H2,1-3H3/t17-,22+,23-,26+/m1/s1. The Hall–Kier alpha value is -2.72. The minimum absolute atomic E-state index is 0.0944. The number of rotatable bonds is 6. The molecule has 3 heterocycles. The maximum Gasteiger partial charge on any atom is 0.414 e. The van der Waals surface area contributed by atoms with E-state index in [1.807, 2.05) is 68.5 Å². The molecule has 5 rings (SSSR count). The zero-order chi connectivity index (χ0) is 25.0. The Labute approximate surface area is 206 Å². The number of hydrogen-bond acceptors (Lipinski definition) is 6. The van der Waals surface area contributed by atoms with Gasteiger partial charge in [-0.2, -0.15) is 0 Å². The lowest BCUT2D eigenvalue weighted by atomic mass is 9.82. The third kappa shape index (κ3) is 3.77. The molecule has 0 saturated carbocycles. The Kier molecular flexibility index (Phi) is 5.99. The van der Waals surface area contributed by atoms with Crippen LogP contribution < -0.4 is 9.80 Å². The predicted octanol–water partition coefficient (Wildman–Crippen LogP) is 3.37. The van der Waals surface area contributed by atoms with E-state index in [9.17, 15) is 19.5 Å². The highest BCUT2D eigenvalue weighted by atomic mass is 28.4. The number of cyclic esters (lactones) is 1. The molecule has 8 nitrogen and oxygen atoms in total. The molecule has 2 aromatic rings. The van der Waals surface area contributed by atoms with Crippen molar-refractivity contribution in [1.82, 2.24) is 0 Å². The third-order valence-corrected chi connectivity index (χ3v) is 10.1. The van der Waals surface area contributed by atoms with Gasteiger partial charge in [0, 0.05) is 29.3 Å². The van der Waals surface area contributed by atoms with Gasteiger partial charge in [0.05, 0.1) is 24.9 Å². The lowest BCUT2D eigenvalue weighted by Gasteiger charge is -2.32. The third-order valence-electron chi connectivity index (χ3n) is 7.64. The van der Waals surface area contributed by atoms with E-state index in [4.69, 9.17) is 9.47 Å². The molecule has 1 spiro atoms. The quantitative estimate of drug-likeness (QED) is 0.595. The Bertz CT molecular complexity index is 1140. The zero-order valence-corrected chi connectivity index (χ0v) is 21.3. The van der Waals surface area contributed by atoms with Crippen molar-refractivity contribution in [3.63, 3.8) is 0 Å². The molecule has 2 aromatic carbocycles. The van der Waals surface area contributed by atoms with Crippen molar-refractivity contribution in [1.29, 1.82) is 0 Å². The molecule has 0 aromatic heterocycles. The molecule has 35 heavy (non-hydrogen) atoms. The molecule has 0 unspecified atom stereocenters. The highest BCUT2D eigenvalue weighted by Crippen LogP contribution is 2.60. The van der Waals surface area contributed by atoms with Gasteiger partial charge in [-0.3, -0.25) is 9.69 Å². The van der Waals surface area contributed by atoms with Crippen LogP contribution in [0.15, 0.2) is 48.5 Å². The van der Waals surface area contributed by atoms with E-state index in [1.165, 1.54) is 0 Å². The molecule has 0 bridgehead atoms. The van der Waals surface area contributed by atoms with Crippen LogP contribution >= 0.6 is 0 Å². The molecular weight excluding hydrogens is 464 g/mol. The fraction of sp³-hybridized carbons (Fsp3) is 0.462. The zero-order valence-electron chi connectivity index (χ0n) is 20.3. The number of aliphatic hydroxyl groups is 1. The maximum absolute atomic E-state index is 14.3. The molecular formula is C26H32N2O6Si. The van der Waals surface area contributed by atoms with E-state index in [1.54, 1.807) is 9.80 Å². The Morgan fingerprint density at radius 3 is 2.51 bits per heavy atom. The second-order valence-electron chi connectivity index (χ2n) is 10.2. The Morgan fingerprint density at radius 2 is 1.89 bits per heavy atom. The summed E-state index contributed by atoms with van der Waals surface area (Å²) in [6.45, 7) is 6.73. The number of benzene rings is 2. The summed E-state index contributed by atoms with van der Waals surface area (Å²) in [5.41, 5.74) is 1.53. The van der Waals surface area contributed by atoms with Gasteiger partial charge in [-0.1, -0.05) is 37.3 Å². The summed E-state index contributed by atoms with van der Waals surface area (Å²) < 4.78 is 11.8. The van der Waals surface area contributed by atoms with E-state index in [2.05, 4.69) is 0 Å². The molecule has 2 saturated heterocycles. The van der Waals surface area contributed by atoms with Crippen LogP contribution in [0.25, 0.3) is 0 Å². The fourth-order valence-corrected chi connectivity index (χ4v) is 8.78. The largest absolute Gasteiger partial charge is 0.447 e. The van der Waals surface area contributed by atoms with Crippen molar-refractivity contribution in [2.24, 2.45) is 5.92 Å². The summed E-state index contributed by atoms with van der Waals surface area (Å²) in [6, 6.07) is 15.4. The molecule has 2 N–H and O–H groups in total. The molecule has 3 aliphatic rings. The first kappa shape index (κ1) is 24.0. The number of nitrogens with zero attached hydrogens (tertiary/aromatic N) is 2. The number of hydrogen-bond donors (Lipinski definition) is 2. The number of anilines is 2. The second-order valence-corrected chi connectivity index (χ2v) is 14.2. The van der Waals surface area contributed by atoms with E-state index < -0.39 is 26.1 Å². The molecule has 0 aliphatic carbocycles. The first-order chi connectivity index (χ1) is 16.7. The van der Waals surface area contributed by atoms with E-state index in [0.29, 0.717) is 37.4 Å². The number of carbonyl (C=O) groups is 2. The van der Waals surface area contributed by atoms with Crippen molar-refractivity contribution in [3.05, 3.63) is 59.7 Å². The number of amides is 2. The number of ether oxygens (including phenoxy) is 2. The average Bonchev–Trinajstić information content (AvgIpc) is 3.44. The summed E-state index contributed by atoms with van der Waals surface area (Å²) in [5, 5.41) is 9.75. The van der Waals surface area contributed by atoms with E-state index >= 15 is 0 Å². The van der Waals surface area contributed by atoms with Crippen LogP contribution in [-0.4, -0.2) is 56.1 Å². The SMILES string of the molecule is C[C@@H]1[C@@H]([Si](C)(C)O)[C@H](CCO)O[C@@]12C(=O)N(Cc1ccccc1)c1ccc(N3CCOC3=O)cc12. The van der Waals surface area contributed by atoms with Crippen LogP contribution in [-0.2, 0) is 26.4 Å². The fourth-order valence-electron chi connectivity index (χ4n) is 6.18. The molecule has 186 valence electrons. The van der Waals surface area contributed by atoms with Crippen LogP contribution in [0, 0.1) is 5.92 Å². The highest BCUT2D eigenvalue weighted by molar-refractivity contribution is 6.71. The van der Waals surface area contributed by atoms with Gasteiger partial charge in [0.15, 0.2) is 13.9 Å². The summed E-state index contributed by atoms with van der Waals surface area (Å²) in [4.78, 5) is 41.1. The van der Waals surface area contributed by atoms with Crippen LogP contribution in [0.1, 0.15) is 24.5 Å². The first-order valence-corrected chi connectivity index (χ1v) is 15.2. The van der Waals surface area contributed by atoms with Gasteiger partial charge >= 0.3 is 6.09 Å². The molecule has 3 aliphatic heterocycles. The molecule has 0 radical (unpaired) electrons. The van der Waals surface area contributed by atoms with Crippen molar-refractivity contribution in [2.45, 2.75) is 50.2 Å².